The van der Waals surface area contributed by atoms with Crippen LogP contribution in [0.25, 0.3) is 21.8 Å². The molecule has 0 unspecified atom stereocenters. The number of amides is 2. The highest BCUT2D eigenvalue weighted by atomic mass is 32.1. The number of hydrogen-bond acceptors (Lipinski definition) is 4. The molecule has 1 saturated heterocycles. The first-order chi connectivity index (χ1) is 23.8. The summed E-state index contributed by atoms with van der Waals surface area (Å²) in [7, 11) is 1.59. The summed E-state index contributed by atoms with van der Waals surface area (Å²) in [5.41, 5.74) is 5.57. The Labute approximate surface area is 294 Å². The first kappa shape index (κ1) is 34.2. The first-order valence-electron chi connectivity index (χ1n) is 17.3. The number of H-pyrrole nitrogens is 2. The lowest BCUT2D eigenvalue weighted by Gasteiger charge is -2.41. The van der Waals surface area contributed by atoms with Crippen molar-refractivity contribution in [2.75, 3.05) is 59.4 Å². The van der Waals surface area contributed by atoms with Gasteiger partial charge in [-0.1, -0.05) is 48.5 Å². The standard InChI is InChI=1S/C39H47N7O2S/c1-28(2)46(19-17-30-27-42-36-15-9-7-11-32(30)36)39(49)45-24-21-43(22-25-45)20-23-44(18-16-29-26-41-35-14-8-6-10-31(29)35)38(48)34-13-5-4-12-33(34)37(47)40-3/h4-15,26-28,41-42H,16-25H2,1-3H3,(H,40,47). The Bertz CT molecular complexity index is 1910. The van der Waals surface area contributed by atoms with E-state index in [-0.39, 0.29) is 11.8 Å². The molecule has 3 N–H and O–H groups in total. The summed E-state index contributed by atoms with van der Waals surface area (Å²) in [6, 6.07) is 24.1. The summed E-state index contributed by atoms with van der Waals surface area (Å²) in [5, 5.41) is 6.04. The van der Waals surface area contributed by atoms with Crippen molar-refractivity contribution in [1.29, 1.82) is 0 Å². The summed E-state index contributed by atoms with van der Waals surface area (Å²) in [6.45, 7) is 10.6. The van der Waals surface area contributed by atoms with Crippen molar-refractivity contribution in [3.63, 3.8) is 0 Å². The molecular formula is C39H47N7O2S. The fraction of sp³-hybridized carbons (Fsp3) is 0.359. The molecule has 2 aromatic heterocycles. The third kappa shape index (κ3) is 7.81. The van der Waals surface area contributed by atoms with Gasteiger partial charge in [-0.05, 0) is 74.3 Å². The van der Waals surface area contributed by atoms with E-state index in [0.29, 0.717) is 36.7 Å². The number of aromatic nitrogens is 2. The second-order valence-corrected chi connectivity index (χ2v) is 13.4. The molecule has 0 aliphatic carbocycles. The second-order valence-electron chi connectivity index (χ2n) is 13.0. The van der Waals surface area contributed by atoms with Crippen LogP contribution in [0, 0.1) is 0 Å². The van der Waals surface area contributed by atoms with Crippen molar-refractivity contribution >= 4 is 51.0 Å². The predicted octanol–water partition coefficient (Wildman–Crippen LogP) is 5.55. The van der Waals surface area contributed by atoms with Gasteiger partial charge in [-0.25, -0.2) is 0 Å². The van der Waals surface area contributed by atoms with Crippen LogP contribution in [0.5, 0.6) is 0 Å². The highest BCUT2D eigenvalue weighted by Crippen LogP contribution is 2.21. The number of fused-ring (bicyclic) bond motifs is 2. The molecule has 5 aromatic rings. The van der Waals surface area contributed by atoms with Crippen LogP contribution in [-0.4, -0.2) is 112 Å². The van der Waals surface area contributed by atoms with Crippen LogP contribution in [0.4, 0.5) is 0 Å². The van der Waals surface area contributed by atoms with Gasteiger partial charge in [0.15, 0.2) is 5.11 Å². The smallest absolute Gasteiger partial charge is 0.254 e. The SMILES string of the molecule is CNC(=O)c1ccccc1C(=O)N(CCc1c[nH]c2ccccc12)CCN1CCN(C(=S)N(CCc2c[nH]c3ccccc23)C(C)C)CC1. The molecule has 1 aliphatic rings. The van der Waals surface area contributed by atoms with Crippen molar-refractivity contribution in [2.45, 2.75) is 32.7 Å². The molecule has 1 aliphatic heterocycles. The molecule has 0 bridgehead atoms. The van der Waals surface area contributed by atoms with Gasteiger partial charge in [-0.2, -0.15) is 0 Å². The summed E-state index contributed by atoms with van der Waals surface area (Å²) < 4.78 is 0. The molecule has 0 spiro atoms. The van der Waals surface area contributed by atoms with Gasteiger partial charge in [-0.3, -0.25) is 14.5 Å². The lowest BCUT2D eigenvalue weighted by atomic mass is 10.0. The van der Waals surface area contributed by atoms with E-state index in [0.717, 1.165) is 56.3 Å². The highest BCUT2D eigenvalue weighted by molar-refractivity contribution is 7.80. The van der Waals surface area contributed by atoms with E-state index in [1.807, 2.05) is 29.3 Å². The number of benzene rings is 3. The third-order valence-corrected chi connectivity index (χ3v) is 10.2. The average molecular weight is 678 g/mol. The normalized spacial score (nSPS) is 13.7. The number of thiocarbonyl (C=S) groups is 1. The molecule has 0 radical (unpaired) electrons. The number of nitrogens with zero attached hydrogens (tertiary/aromatic N) is 4. The van der Waals surface area contributed by atoms with Crippen molar-refractivity contribution < 1.29 is 9.59 Å². The molecule has 1 fully saturated rings. The van der Waals surface area contributed by atoms with Crippen LogP contribution in [0.15, 0.2) is 85.2 Å². The zero-order valence-electron chi connectivity index (χ0n) is 28.7. The lowest BCUT2D eigenvalue weighted by molar-refractivity contribution is 0.0717. The molecule has 10 heteroatoms. The Kier molecular flexibility index (Phi) is 11.0. The van der Waals surface area contributed by atoms with Crippen molar-refractivity contribution in [2.24, 2.45) is 0 Å². The van der Waals surface area contributed by atoms with E-state index in [9.17, 15) is 9.59 Å². The maximum Gasteiger partial charge on any atom is 0.254 e. The summed E-state index contributed by atoms with van der Waals surface area (Å²) in [5.74, 6) is -0.383. The van der Waals surface area contributed by atoms with Gasteiger partial charge in [0.1, 0.15) is 0 Å². The van der Waals surface area contributed by atoms with Gasteiger partial charge in [0.2, 0.25) is 0 Å². The van der Waals surface area contributed by atoms with Crippen LogP contribution in [0.2, 0.25) is 0 Å². The minimum absolute atomic E-state index is 0.123. The topological polar surface area (TPSA) is 90.7 Å². The molecule has 3 aromatic carbocycles. The molecular weight excluding hydrogens is 631 g/mol. The third-order valence-electron chi connectivity index (χ3n) is 9.74. The van der Waals surface area contributed by atoms with Gasteiger partial charge >= 0.3 is 0 Å². The number of hydrogen-bond donors (Lipinski definition) is 3. The Morgan fingerprint density at radius 3 is 1.92 bits per heavy atom. The molecule has 6 rings (SSSR count). The number of para-hydroxylation sites is 2. The monoisotopic (exact) mass is 677 g/mol. The number of piperazine rings is 1. The summed E-state index contributed by atoms with van der Waals surface area (Å²) >= 11 is 6.08. The van der Waals surface area contributed by atoms with Crippen LogP contribution in [-0.2, 0) is 12.8 Å². The minimum Gasteiger partial charge on any atom is -0.361 e. The molecule has 3 heterocycles. The summed E-state index contributed by atoms with van der Waals surface area (Å²) in [4.78, 5) is 42.5. The number of carbonyl (C=O) groups is 2. The predicted molar refractivity (Wildman–Crippen MR) is 202 cm³/mol. The molecule has 49 heavy (non-hydrogen) atoms. The maximum absolute atomic E-state index is 14.1. The van der Waals surface area contributed by atoms with E-state index < -0.39 is 0 Å². The molecule has 0 saturated carbocycles. The molecule has 256 valence electrons. The minimum atomic E-state index is -0.260. The highest BCUT2D eigenvalue weighted by Gasteiger charge is 2.26. The Morgan fingerprint density at radius 2 is 1.33 bits per heavy atom. The Morgan fingerprint density at radius 1 is 0.776 bits per heavy atom. The van der Waals surface area contributed by atoms with Crippen LogP contribution in [0.3, 0.4) is 0 Å². The van der Waals surface area contributed by atoms with Crippen LogP contribution in [0.1, 0.15) is 45.7 Å². The van der Waals surface area contributed by atoms with E-state index in [4.69, 9.17) is 12.2 Å². The van der Waals surface area contributed by atoms with Crippen LogP contribution < -0.4 is 5.32 Å². The quantitative estimate of drug-likeness (QED) is 0.150. The zero-order valence-corrected chi connectivity index (χ0v) is 29.6. The zero-order chi connectivity index (χ0) is 34.3. The van der Waals surface area contributed by atoms with Crippen molar-refractivity contribution in [1.82, 2.24) is 34.9 Å². The van der Waals surface area contributed by atoms with Gasteiger partial charge in [0, 0.05) is 99.6 Å². The van der Waals surface area contributed by atoms with Crippen molar-refractivity contribution in [3.8, 4) is 0 Å². The lowest BCUT2D eigenvalue weighted by Crippen LogP contribution is -2.55. The second kappa shape index (κ2) is 15.7. The largest absolute Gasteiger partial charge is 0.361 e. The number of nitrogens with one attached hydrogen (secondary N) is 3. The number of rotatable bonds is 12. The first-order valence-corrected chi connectivity index (χ1v) is 17.7. The van der Waals surface area contributed by atoms with E-state index in [2.05, 4.69) is 86.4 Å². The van der Waals surface area contributed by atoms with Gasteiger partial charge in [0.25, 0.3) is 11.8 Å². The number of carbonyl (C=O) groups excluding carboxylic acids is 2. The molecule has 9 nitrogen and oxygen atoms in total. The fourth-order valence-corrected chi connectivity index (χ4v) is 7.33. The average Bonchev–Trinajstić information content (AvgIpc) is 3.75. The Hall–Kier alpha value is -4.67. The van der Waals surface area contributed by atoms with E-state index >= 15 is 0 Å². The van der Waals surface area contributed by atoms with E-state index in [1.165, 1.54) is 27.4 Å². The van der Waals surface area contributed by atoms with Gasteiger partial charge in [-0.15, -0.1) is 0 Å². The molecule has 0 atom stereocenters. The van der Waals surface area contributed by atoms with Crippen LogP contribution >= 0.6 is 12.2 Å². The summed E-state index contributed by atoms with van der Waals surface area (Å²) in [6.07, 6.45) is 5.79. The van der Waals surface area contributed by atoms with E-state index in [1.54, 1.807) is 25.2 Å². The molecule has 2 amide bonds. The fourth-order valence-electron chi connectivity index (χ4n) is 6.84. The van der Waals surface area contributed by atoms with Crippen molar-refractivity contribution in [3.05, 3.63) is 107 Å². The Balaban J connectivity index is 1.08. The van der Waals surface area contributed by atoms with Gasteiger partial charge in [0.05, 0.1) is 11.1 Å². The number of aromatic amines is 2. The van der Waals surface area contributed by atoms with Gasteiger partial charge < -0.3 is 30.0 Å². The maximum atomic E-state index is 14.1.